The largest absolute Gasteiger partial charge is 0.268 e. The molecule has 1 saturated carbocycles. The van der Waals surface area contributed by atoms with Crippen LogP contribution in [0.5, 0.6) is 0 Å². The summed E-state index contributed by atoms with van der Waals surface area (Å²) < 4.78 is 5.61. The van der Waals surface area contributed by atoms with Crippen molar-refractivity contribution >= 4 is 33.8 Å². The van der Waals surface area contributed by atoms with Crippen molar-refractivity contribution in [2.75, 3.05) is 0 Å². The van der Waals surface area contributed by atoms with Crippen LogP contribution in [0.3, 0.4) is 0 Å². The van der Waals surface area contributed by atoms with Gasteiger partial charge in [-0.15, -0.1) is 15.3 Å². The Kier molecular flexibility index (Phi) is 2.62. The zero-order valence-corrected chi connectivity index (χ0v) is 14.5. The highest BCUT2D eigenvalue weighted by molar-refractivity contribution is 6.29. The minimum absolute atomic E-state index is 0.396. The van der Waals surface area contributed by atoms with Gasteiger partial charge in [0.05, 0.1) is 23.6 Å². The van der Waals surface area contributed by atoms with E-state index in [1.165, 1.54) is 0 Å². The fourth-order valence-corrected chi connectivity index (χ4v) is 3.97. The second-order valence-corrected chi connectivity index (χ2v) is 7.13. The summed E-state index contributed by atoms with van der Waals surface area (Å²) in [5.74, 6) is 1.69. The van der Waals surface area contributed by atoms with Gasteiger partial charge in [0.25, 0.3) is 5.95 Å². The first-order chi connectivity index (χ1) is 12.7. The van der Waals surface area contributed by atoms with Crippen molar-refractivity contribution in [1.82, 2.24) is 39.0 Å². The number of imidazole rings is 1. The van der Waals surface area contributed by atoms with Crippen LogP contribution in [0.15, 0.2) is 36.7 Å². The third kappa shape index (κ3) is 1.71. The predicted octanol–water partition coefficient (Wildman–Crippen LogP) is 2.89. The first-order valence-corrected chi connectivity index (χ1v) is 8.81. The molecule has 1 aliphatic carbocycles. The average Bonchev–Trinajstić information content (AvgIpc) is 3.05. The Labute approximate surface area is 152 Å². The van der Waals surface area contributed by atoms with Crippen LogP contribution >= 0.6 is 11.6 Å². The normalized spacial score (nSPS) is 19.8. The molecular formula is C17H13ClN8. The van der Waals surface area contributed by atoms with E-state index in [2.05, 4.69) is 32.4 Å². The molecule has 6 rings (SSSR count). The Bertz CT molecular complexity index is 1310. The maximum atomic E-state index is 6.37. The van der Waals surface area contributed by atoms with E-state index in [1.54, 1.807) is 10.9 Å². The van der Waals surface area contributed by atoms with Crippen molar-refractivity contribution in [3.63, 3.8) is 0 Å². The van der Waals surface area contributed by atoms with Crippen molar-refractivity contribution in [2.45, 2.75) is 19.3 Å². The van der Waals surface area contributed by atoms with E-state index in [0.717, 1.165) is 34.3 Å². The monoisotopic (exact) mass is 364 g/mol. The van der Waals surface area contributed by atoms with E-state index in [9.17, 15) is 0 Å². The van der Waals surface area contributed by atoms with Gasteiger partial charge in [-0.2, -0.15) is 4.68 Å². The summed E-state index contributed by atoms with van der Waals surface area (Å²) in [6.07, 6.45) is 4.68. The highest BCUT2D eigenvalue weighted by Gasteiger charge is 2.38. The lowest BCUT2D eigenvalue weighted by Gasteiger charge is -2.08. The quantitative estimate of drug-likeness (QED) is 0.481. The zero-order chi connectivity index (χ0) is 17.4. The second kappa shape index (κ2) is 4.79. The number of rotatable bonds is 2. The number of para-hydroxylation sites is 1. The molecule has 0 saturated heterocycles. The molecule has 5 aromatic rings. The number of fused-ring (bicyclic) bond motifs is 6. The highest BCUT2D eigenvalue weighted by Crippen LogP contribution is 2.46. The Morgan fingerprint density at radius 1 is 1.12 bits per heavy atom. The molecule has 1 aliphatic rings. The number of nitrogens with zero attached hydrogens (tertiary/aromatic N) is 8. The van der Waals surface area contributed by atoms with Crippen LogP contribution in [-0.2, 0) is 0 Å². The molecule has 8 nitrogen and oxygen atoms in total. The van der Waals surface area contributed by atoms with Crippen LogP contribution in [0.2, 0.25) is 5.28 Å². The van der Waals surface area contributed by atoms with Gasteiger partial charge in [0.1, 0.15) is 5.65 Å². The van der Waals surface area contributed by atoms with E-state index in [0.29, 0.717) is 23.1 Å². The van der Waals surface area contributed by atoms with Gasteiger partial charge in [-0.1, -0.05) is 24.3 Å². The Balaban J connectivity index is 1.76. The lowest BCUT2D eigenvalue weighted by molar-refractivity contribution is 0.705. The Morgan fingerprint density at radius 3 is 2.81 bits per heavy atom. The molecule has 1 aromatic carbocycles. The average molecular weight is 365 g/mol. The van der Waals surface area contributed by atoms with Gasteiger partial charge in [0.2, 0.25) is 5.28 Å². The summed E-state index contributed by atoms with van der Waals surface area (Å²) in [7, 11) is 0. The summed E-state index contributed by atoms with van der Waals surface area (Å²) in [4.78, 5) is 4.29. The van der Waals surface area contributed by atoms with Crippen molar-refractivity contribution in [3.05, 3.63) is 47.6 Å². The maximum absolute atomic E-state index is 6.37. The number of benzene rings is 1. The predicted molar refractivity (Wildman–Crippen MR) is 95.7 cm³/mol. The third-order valence-corrected chi connectivity index (χ3v) is 5.48. The summed E-state index contributed by atoms with van der Waals surface area (Å²) in [5.41, 5.74) is 3.52. The molecule has 4 heterocycles. The van der Waals surface area contributed by atoms with Crippen molar-refractivity contribution in [2.24, 2.45) is 5.92 Å². The van der Waals surface area contributed by atoms with Crippen LogP contribution in [0.25, 0.3) is 28.1 Å². The fraction of sp³-hybridized carbons (Fsp3) is 0.235. The van der Waals surface area contributed by atoms with Gasteiger partial charge in [-0.05, 0) is 36.1 Å². The van der Waals surface area contributed by atoms with Gasteiger partial charge in [-0.3, -0.25) is 4.40 Å². The van der Waals surface area contributed by atoms with Crippen molar-refractivity contribution in [1.29, 1.82) is 0 Å². The second-order valence-electron chi connectivity index (χ2n) is 6.79. The molecule has 0 aliphatic heterocycles. The zero-order valence-electron chi connectivity index (χ0n) is 13.8. The van der Waals surface area contributed by atoms with E-state index < -0.39 is 0 Å². The van der Waals surface area contributed by atoms with E-state index >= 15 is 0 Å². The first-order valence-electron chi connectivity index (χ1n) is 8.44. The minimum Gasteiger partial charge on any atom is -0.268 e. The van der Waals surface area contributed by atoms with Gasteiger partial charge in [0.15, 0.2) is 5.65 Å². The lowest BCUT2D eigenvalue weighted by Crippen LogP contribution is -2.08. The van der Waals surface area contributed by atoms with E-state index in [4.69, 9.17) is 11.6 Å². The van der Waals surface area contributed by atoms with Gasteiger partial charge in [-0.25, -0.2) is 9.38 Å². The lowest BCUT2D eigenvalue weighted by atomic mass is 10.2. The van der Waals surface area contributed by atoms with Crippen LogP contribution in [0, 0.1) is 5.92 Å². The maximum Gasteiger partial charge on any atom is 0.259 e. The smallest absolute Gasteiger partial charge is 0.259 e. The molecular weight excluding hydrogens is 352 g/mol. The number of hydrogen-bond acceptors (Lipinski definition) is 5. The molecule has 2 atom stereocenters. The van der Waals surface area contributed by atoms with Crippen molar-refractivity contribution in [3.8, 4) is 5.95 Å². The minimum atomic E-state index is 0.396. The summed E-state index contributed by atoms with van der Waals surface area (Å²) >= 11 is 6.37. The molecule has 9 heteroatoms. The standard InChI is InChI=1S/C17H13ClN8/c1-9-6-11(9)13-7-20-23-26(13)17-22-21-15-10-4-2-3-5-12(10)24-14(25(15)17)8-19-16(24)18/h2-5,7-9,11H,6H2,1H3. The molecule has 2 unspecified atom stereocenters. The van der Waals surface area contributed by atoms with E-state index in [-0.39, 0.29) is 0 Å². The molecule has 4 aromatic heterocycles. The molecule has 26 heavy (non-hydrogen) atoms. The topological polar surface area (TPSA) is 78.2 Å². The van der Waals surface area contributed by atoms with Crippen molar-refractivity contribution < 1.29 is 0 Å². The van der Waals surface area contributed by atoms with Crippen LogP contribution in [0.4, 0.5) is 0 Å². The molecule has 0 radical (unpaired) electrons. The molecule has 0 amide bonds. The summed E-state index contributed by atoms with van der Waals surface area (Å²) in [5, 5.41) is 18.6. The Hall–Kier alpha value is -3.00. The Morgan fingerprint density at radius 2 is 1.96 bits per heavy atom. The first kappa shape index (κ1) is 14.2. The van der Waals surface area contributed by atoms with E-state index in [1.807, 2.05) is 39.3 Å². The van der Waals surface area contributed by atoms with Crippen LogP contribution < -0.4 is 0 Å². The molecule has 0 spiro atoms. The molecule has 1 fully saturated rings. The fourth-order valence-electron chi connectivity index (χ4n) is 3.74. The van der Waals surface area contributed by atoms with Gasteiger partial charge in [0, 0.05) is 11.3 Å². The van der Waals surface area contributed by atoms with Gasteiger partial charge >= 0.3 is 0 Å². The highest BCUT2D eigenvalue weighted by atomic mass is 35.5. The molecule has 128 valence electrons. The summed E-state index contributed by atoms with van der Waals surface area (Å²) in [6.45, 7) is 2.23. The molecule has 0 bridgehead atoms. The SMILES string of the molecule is CC1CC1c1cnnn1-c1nnc2c3ccccc3n3c(Cl)ncc3n12. The number of aromatic nitrogens is 8. The molecule has 0 N–H and O–H groups in total. The number of hydrogen-bond donors (Lipinski definition) is 0. The van der Waals surface area contributed by atoms with Crippen LogP contribution in [-0.4, -0.2) is 39.0 Å². The number of halogens is 1. The summed E-state index contributed by atoms with van der Waals surface area (Å²) in [6, 6.07) is 7.94. The van der Waals surface area contributed by atoms with Gasteiger partial charge < -0.3 is 0 Å². The van der Waals surface area contributed by atoms with Crippen LogP contribution in [0.1, 0.15) is 25.0 Å². The third-order valence-electron chi connectivity index (χ3n) is 5.22.